The smallest absolute Gasteiger partial charge is 0.404 e. The molecule has 0 aliphatic carbocycles. The van der Waals surface area contributed by atoms with Gasteiger partial charge in [-0.3, -0.25) is 19.2 Å². The molecule has 1 aromatic rings. The maximum atomic E-state index is 12.2. The highest BCUT2D eigenvalue weighted by atomic mass is 31.2. The lowest BCUT2D eigenvalue weighted by Gasteiger charge is -2.19. The minimum Gasteiger partial charge on any atom is -0.404 e. The first-order valence-corrected chi connectivity index (χ1v) is 7.19. The van der Waals surface area contributed by atoms with Crippen LogP contribution in [0.4, 0.5) is 5.69 Å². The van der Waals surface area contributed by atoms with Crippen molar-refractivity contribution in [3.63, 3.8) is 0 Å². The fourth-order valence-corrected chi connectivity index (χ4v) is 2.62. The molecule has 0 radical (unpaired) electrons. The van der Waals surface area contributed by atoms with Gasteiger partial charge in [-0.05, 0) is 32.9 Å². The third-order valence-corrected chi connectivity index (χ3v) is 3.58. The van der Waals surface area contributed by atoms with Crippen molar-refractivity contribution in [2.75, 3.05) is 6.61 Å². The Morgan fingerprint density at radius 2 is 1.89 bits per heavy atom. The van der Waals surface area contributed by atoms with Gasteiger partial charge in [0.25, 0.3) is 5.69 Å². The van der Waals surface area contributed by atoms with Gasteiger partial charge < -0.3 is 4.52 Å². The molecule has 7 nitrogen and oxygen atoms in total. The molecular weight excluding hydrogens is 273 g/mol. The van der Waals surface area contributed by atoms with Crippen molar-refractivity contribution in [3.8, 4) is 5.75 Å². The second-order valence-electron chi connectivity index (χ2n) is 3.86. The van der Waals surface area contributed by atoms with Gasteiger partial charge in [0.1, 0.15) is 5.75 Å². The van der Waals surface area contributed by atoms with E-state index >= 15 is 0 Å². The van der Waals surface area contributed by atoms with Crippen molar-refractivity contribution < 1.29 is 23.1 Å². The second kappa shape index (κ2) is 6.65. The van der Waals surface area contributed by atoms with Crippen molar-refractivity contribution in [1.82, 2.24) is 0 Å². The molecule has 0 bridgehead atoms. The molecule has 0 saturated heterocycles. The average molecular weight is 289 g/mol. The highest BCUT2D eigenvalue weighted by molar-refractivity contribution is 7.48. The highest BCUT2D eigenvalue weighted by Crippen LogP contribution is 2.50. The van der Waals surface area contributed by atoms with Crippen LogP contribution >= 0.6 is 7.82 Å². The van der Waals surface area contributed by atoms with Crippen molar-refractivity contribution >= 4 is 13.5 Å². The van der Waals surface area contributed by atoms with Crippen LogP contribution in [-0.2, 0) is 13.6 Å². The van der Waals surface area contributed by atoms with Gasteiger partial charge in [-0.2, -0.15) is 0 Å². The maximum Gasteiger partial charge on any atom is 0.530 e. The van der Waals surface area contributed by atoms with Crippen LogP contribution in [0, 0.1) is 10.1 Å². The molecule has 0 N–H and O–H groups in total. The van der Waals surface area contributed by atoms with Crippen LogP contribution in [-0.4, -0.2) is 17.6 Å². The second-order valence-corrected chi connectivity index (χ2v) is 5.41. The van der Waals surface area contributed by atoms with Crippen molar-refractivity contribution in [2.24, 2.45) is 0 Å². The molecule has 0 aliphatic rings. The predicted molar refractivity (Wildman–Crippen MR) is 69.2 cm³/mol. The normalized spacial score (nSPS) is 14.1. The minimum absolute atomic E-state index is 0.0802. The standard InChI is InChI=1S/C11H16NO6P/c1-4-16-19(15,17-9(2)3)18-11-7-5-10(6-8-11)12(13)14/h5-9H,4H2,1-3H3/t19-/m1/s1. The molecule has 0 unspecified atom stereocenters. The van der Waals surface area contributed by atoms with Crippen molar-refractivity contribution in [2.45, 2.75) is 26.9 Å². The Balaban J connectivity index is 2.84. The first-order valence-electron chi connectivity index (χ1n) is 5.73. The molecule has 0 heterocycles. The SMILES string of the molecule is CCO[P@@](=O)(Oc1ccc([N+](=O)[O-])cc1)OC(C)C. The van der Waals surface area contributed by atoms with Crippen LogP contribution in [0.15, 0.2) is 24.3 Å². The quantitative estimate of drug-likeness (QED) is 0.433. The zero-order valence-electron chi connectivity index (χ0n) is 10.9. The molecule has 0 amide bonds. The summed E-state index contributed by atoms with van der Waals surface area (Å²) in [6.45, 7) is 5.22. The number of rotatable bonds is 7. The molecule has 19 heavy (non-hydrogen) atoms. The topological polar surface area (TPSA) is 87.9 Å². The Bertz CT molecular complexity index is 473. The van der Waals surface area contributed by atoms with E-state index in [0.717, 1.165) is 0 Å². The Morgan fingerprint density at radius 3 is 2.32 bits per heavy atom. The van der Waals surface area contributed by atoms with E-state index in [1.807, 2.05) is 0 Å². The number of non-ortho nitro benzene ring substituents is 1. The number of hydrogen-bond acceptors (Lipinski definition) is 6. The Labute approximate surface area is 111 Å². The predicted octanol–water partition coefficient (Wildman–Crippen LogP) is 3.54. The number of phosphoric acid groups is 1. The number of nitrogens with zero attached hydrogens (tertiary/aromatic N) is 1. The molecule has 0 fully saturated rings. The van der Waals surface area contributed by atoms with Gasteiger partial charge in [-0.25, -0.2) is 4.57 Å². The van der Waals surface area contributed by atoms with E-state index in [2.05, 4.69) is 0 Å². The molecule has 0 spiro atoms. The molecule has 0 aromatic heterocycles. The van der Waals surface area contributed by atoms with Crippen LogP contribution in [0.2, 0.25) is 0 Å². The molecule has 0 aliphatic heterocycles. The third-order valence-electron chi connectivity index (χ3n) is 1.89. The molecule has 106 valence electrons. The van der Waals surface area contributed by atoms with Gasteiger partial charge in [0.2, 0.25) is 0 Å². The number of nitro benzene ring substituents is 1. The van der Waals surface area contributed by atoms with E-state index in [-0.39, 0.29) is 24.1 Å². The monoisotopic (exact) mass is 289 g/mol. The third kappa shape index (κ3) is 4.98. The zero-order chi connectivity index (χ0) is 14.5. The average Bonchev–Trinajstić information content (AvgIpc) is 2.28. The van der Waals surface area contributed by atoms with E-state index in [1.165, 1.54) is 24.3 Å². The lowest BCUT2D eigenvalue weighted by atomic mass is 10.3. The van der Waals surface area contributed by atoms with E-state index in [1.54, 1.807) is 20.8 Å². The summed E-state index contributed by atoms with van der Waals surface area (Å²) in [4.78, 5) is 9.97. The fourth-order valence-electron chi connectivity index (χ4n) is 1.25. The molecule has 8 heteroatoms. The van der Waals surface area contributed by atoms with Crippen LogP contribution in [0.5, 0.6) is 5.75 Å². The molecule has 1 aromatic carbocycles. The van der Waals surface area contributed by atoms with Crippen molar-refractivity contribution in [3.05, 3.63) is 34.4 Å². The molecule has 1 atom stereocenters. The maximum absolute atomic E-state index is 12.2. The number of nitro groups is 1. The van der Waals surface area contributed by atoms with Crippen LogP contribution in [0.1, 0.15) is 20.8 Å². The first-order chi connectivity index (χ1) is 8.86. The summed E-state index contributed by atoms with van der Waals surface area (Å²) in [5.41, 5.74) is -0.0802. The lowest BCUT2D eigenvalue weighted by molar-refractivity contribution is -0.384. The van der Waals surface area contributed by atoms with Gasteiger partial charge in [0.15, 0.2) is 0 Å². The van der Waals surface area contributed by atoms with Gasteiger partial charge in [0, 0.05) is 12.1 Å². The summed E-state index contributed by atoms with van der Waals surface area (Å²) in [6.07, 6.45) is -0.338. The highest BCUT2D eigenvalue weighted by Gasteiger charge is 2.29. The first kappa shape index (κ1) is 15.6. The number of phosphoric ester groups is 1. The van der Waals surface area contributed by atoms with E-state index in [9.17, 15) is 14.7 Å². The van der Waals surface area contributed by atoms with E-state index in [4.69, 9.17) is 13.6 Å². The summed E-state index contributed by atoms with van der Waals surface area (Å²) in [6, 6.07) is 5.18. The summed E-state index contributed by atoms with van der Waals surface area (Å²) in [5.74, 6) is 0.183. The summed E-state index contributed by atoms with van der Waals surface area (Å²) >= 11 is 0. The van der Waals surface area contributed by atoms with Crippen LogP contribution < -0.4 is 4.52 Å². The van der Waals surface area contributed by atoms with Gasteiger partial charge in [-0.15, -0.1) is 0 Å². The minimum atomic E-state index is -3.71. The Kier molecular flexibility index (Phi) is 5.47. The lowest BCUT2D eigenvalue weighted by Crippen LogP contribution is -2.07. The Hall–Kier alpha value is -1.43. The summed E-state index contributed by atoms with van der Waals surface area (Å²) in [5, 5.41) is 10.5. The summed E-state index contributed by atoms with van der Waals surface area (Å²) in [7, 11) is -3.71. The van der Waals surface area contributed by atoms with Crippen LogP contribution in [0.25, 0.3) is 0 Å². The summed E-state index contributed by atoms with van der Waals surface area (Å²) < 4.78 is 27.5. The van der Waals surface area contributed by atoms with E-state index < -0.39 is 12.7 Å². The zero-order valence-corrected chi connectivity index (χ0v) is 11.8. The largest absolute Gasteiger partial charge is 0.530 e. The van der Waals surface area contributed by atoms with Gasteiger partial charge >= 0.3 is 7.82 Å². The molecule has 0 saturated carbocycles. The number of hydrogen-bond donors (Lipinski definition) is 0. The molecular formula is C11H16NO6P. The van der Waals surface area contributed by atoms with Gasteiger partial charge in [-0.1, -0.05) is 0 Å². The van der Waals surface area contributed by atoms with Gasteiger partial charge in [0.05, 0.1) is 17.6 Å². The van der Waals surface area contributed by atoms with Crippen molar-refractivity contribution in [1.29, 1.82) is 0 Å². The van der Waals surface area contributed by atoms with E-state index in [0.29, 0.717) is 0 Å². The fraction of sp³-hybridized carbons (Fsp3) is 0.455. The Morgan fingerprint density at radius 1 is 1.32 bits per heavy atom. The van der Waals surface area contributed by atoms with Crippen LogP contribution in [0.3, 0.4) is 0 Å². The number of benzene rings is 1. The molecule has 1 rings (SSSR count).